The van der Waals surface area contributed by atoms with Gasteiger partial charge in [-0.05, 0) is 37.5 Å². The smallest absolute Gasteiger partial charge is 0.317 e. The highest BCUT2D eigenvalue weighted by molar-refractivity contribution is 6.12. The van der Waals surface area contributed by atoms with Crippen LogP contribution in [0, 0.1) is 5.41 Å². The van der Waals surface area contributed by atoms with Crippen molar-refractivity contribution in [2.75, 3.05) is 7.11 Å². The molecule has 0 unspecified atom stereocenters. The molecule has 4 heteroatoms. The molecule has 0 aromatic heterocycles. The first-order valence-electron chi connectivity index (χ1n) is 6.18. The minimum absolute atomic E-state index is 0.305. The van der Waals surface area contributed by atoms with Crippen molar-refractivity contribution in [3.8, 4) is 5.75 Å². The minimum Gasteiger partial charge on any atom is -0.496 e. The highest BCUT2D eigenvalue weighted by Gasteiger charge is 2.37. The van der Waals surface area contributed by atoms with E-state index >= 15 is 0 Å². The number of rotatable bonds is 5. The lowest BCUT2D eigenvalue weighted by atomic mass is 9.83. The fourth-order valence-electron chi connectivity index (χ4n) is 1.69. The molecule has 0 amide bonds. The number of aliphatic carboxylic acids is 1. The third-order valence-electron chi connectivity index (χ3n) is 3.24. The molecule has 1 N–H and O–H groups in total. The van der Waals surface area contributed by atoms with Crippen LogP contribution in [0.4, 0.5) is 0 Å². The van der Waals surface area contributed by atoms with Crippen LogP contribution in [0.2, 0.25) is 0 Å². The average molecular weight is 264 g/mol. The molecule has 0 saturated heterocycles. The molecule has 0 heterocycles. The number of hydrogen-bond donors (Lipinski definition) is 1. The van der Waals surface area contributed by atoms with Crippen LogP contribution in [0.5, 0.6) is 5.75 Å². The number of ether oxygens (including phenoxy) is 1. The van der Waals surface area contributed by atoms with Crippen LogP contribution >= 0.6 is 0 Å². The Morgan fingerprint density at radius 1 is 1.26 bits per heavy atom. The van der Waals surface area contributed by atoms with E-state index in [1.807, 2.05) is 19.9 Å². The van der Waals surface area contributed by atoms with E-state index in [1.165, 1.54) is 21.0 Å². The van der Waals surface area contributed by atoms with Crippen molar-refractivity contribution in [1.82, 2.24) is 0 Å². The Bertz CT molecular complexity index is 501. The Kier molecular flexibility index (Phi) is 4.35. The van der Waals surface area contributed by atoms with Crippen molar-refractivity contribution >= 4 is 11.8 Å². The molecule has 0 aliphatic heterocycles. The summed E-state index contributed by atoms with van der Waals surface area (Å²) < 4.78 is 5.22. The Balaban J connectivity index is 3.28. The van der Waals surface area contributed by atoms with Gasteiger partial charge in [0.15, 0.2) is 5.78 Å². The largest absolute Gasteiger partial charge is 0.496 e. The second-order valence-corrected chi connectivity index (χ2v) is 5.37. The molecular formula is C15H20O4. The third kappa shape index (κ3) is 2.95. The molecule has 104 valence electrons. The molecule has 1 rings (SSSR count). The second kappa shape index (κ2) is 5.43. The predicted octanol–water partition coefficient (Wildman–Crippen LogP) is 3.11. The number of carbonyl (C=O) groups excluding carboxylic acids is 1. The molecule has 0 spiro atoms. The zero-order valence-electron chi connectivity index (χ0n) is 12.0. The van der Waals surface area contributed by atoms with Crippen LogP contribution in [0.25, 0.3) is 0 Å². The van der Waals surface area contributed by atoms with Crippen molar-refractivity contribution in [2.45, 2.75) is 33.6 Å². The fourth-order valence-corrected chi connectivity index (χ4v) is 1.69. The number of Topliss-reactive ketones (excluding diaryl/α,β-unsaturated/α-hetero) is 1. The van der Waals surface area contributed by atoms with Gasteiger partial charge in [-0.25, -0.2) is 0 Å². The molecule has 1 aromatic rings. The predicted molar refractivity (Wildman–Crippen MR) is 72.8 cm³/mol. The summed E-state index contributed by atoms with van der Waals surface area (Å²) in [6.07, 6.45) is 0. The van der Waals surface area contributed by atoms with Crippen LogP contribution in [-0.4, -0.2) is 24.0 Å². The monoisotopic (exact) mass is 264 g/mol. The maximum Gasteiger partial charge on any atom is 0.317 e. The molecule has 19 heavy (non-hydrogen) atoms. The fraction of sp³-hybridized carbons (Fsp3) is 0.467. The van der Waals surface area contributed by atoms with E-state index in [1.54, 1.807) is 12.1 Å². The lowest BCUT2D eigenvalue weighted by molar-refractivity contribution is -0.144. The maximum atomic E-state index is 12.3. The highest BCUT2D eigenvalue weighted by Crippen LogP contribution is 2.30. The minimum atomic E-state index is -1.47. The van der Waals surface area contributed by atoms with E-state index in [-0.39, 0.29) is 0 Å². The van der Waals surface area contributed by atoms with Crippen molar-refractivity contribution in [1.29, 1.82) is 0 Å². The van der Waals surface area contributed by atoms with E-state index in [4.69, 9.17) is 9.84 Å². The highest BCUT2D eigenvalue weighted by atomic mass is 16.5. The molecule has 0 bridgehead atoms. The summed E-state index contributed by atoms with van der Waals surface area (Å²) in [4.78, 5) is 23.5. The van der Waals surface area contributed by atoms with Gasteiger partial charge >= 0.3 is 5.97 Å². The summed E-state index contributed by atoms with van der Waals surface area (Å²) >= 11 is 0. The Hall–Kier alpha value is -1.84. The summed E-state index contributed by atoms with van der Waals surface area (Å²) in [6.45, 7) is 6.87. The standard InChI is InChI=1S/C15H20O4/c1-9(2)10-6-7-11(12(8-10)19-5)13(16)15(3,4)14(17)18/h6-9H,1-5H3,(H,17,18). The molecule has 1 aromatic carbocycles. The number of carboxylic acids is 1. The molecule has 0 saturated carbocycles. The van der Waals surface area contributed by atoms with Gasteiger partial charge in [0.05, 0.1) is 12.7 Å². The van der Waals surface area contributed by atoms with Crippen molar-refractivity contribution in [3.63, 3.8) is 0 Å². The van der Waals surface area contributed by atoms with Crippen molar-refractivity contribution in [2.24, 2.45) is 5.41 Å². The van der Waals surface area contributed by atoms with Gasteiger partial charge in [-0.1, -0.05) is 19.9 Å². The third-order valence-corrected chi connectivity index (χ3v) is 3.24. The molecule has 0 aliphatic carbocycles. The van der Waals surface area contributed by atoms with Crippen LogP contribution in [0.3, 0.4) is 0 Å². The van der Waals surface area contributed by atoms with Crippen LogP contribution in [-0.2, 0) is 4.79 Å². The number of methoxy groups -OCH3 is 1. The number of hydrogen-bond acceptors (Lipinski definition) is 3. The number of ketones is 1. The van der Waals surface area contributed by atoms with Crippen LogP contribution in [0.15, 0.2) is 18.2 Å². The quantitative estimate of drug-likeness (QED) is 0.655. The van der Waals surface area contributed by atoms with E-state index in [9.17, 15) is 9.59 Å². The average Bonchev–Trinajstić information content (AvgIpc) is 2.36. The molecule has 0 radical (unpaired) electrons. The number of carbonyl (C=O) groups is 2. The normalized spacial score (nSPS) is 11.5. The molecule has 0 atom stereocenters. The van der Waals surface area contributed by atoms with Gasteiger partial charge in [0, 0.05) is 0 Å². The SMILES string of the molecule is COc1cc(C(C)C)ccc1C(=O)C(C)(C)C(=O)O. The van der Waals surface area contributed by atoms with Gasteiger partial charge in [-0.2, -0.15) is 0 Å². The molecule has 4 nitrogen and oxygen atoms in total. The van der Waals surface area contributed by atoms with Crippen LogP contribution in [0.1, 0.15) is 49.5 Å². The van der Waals surface area contributed by atoms with Crippen molar-refractivity contribution < 1.29 is 19.4 Å². The second-order valence-electron chi connectivity index (χ2n) is 5.37. The van der Waals surface area contributed by atoms with Gasteiger partial charge < -0.3 is 9.84 Å². The van der Waals surface area contributed by atoms with E-state index in [2.05, 4.69) is 0 Å². The van der Waals surface area contributed by atoms with E-state index in [0.29, 0.717) is 17.2 Å². The first-order chi connectivity index (χ1) is 8.71. The number of benzene rings is 1. The zero-order chi connectivity index (χ0) is 14.8. The summed E-state index contributed by atoms with van der Waals surface area (Å²) in [5, 5.41) is 9.12. The van der Waals surface area contributed by atoms with E-state index < -0.39 is 17.2 Å². The first-order valence-corrected chi connectivity index (χ1v) is 6.18. The first kappa shape index (κ1) is 15.2. The maximum absolute atomic E-state index is 12.3. The summed E-state index contributed by atoms with van der Waals surface area (Å²) in [5.74, 6) is -0.865. The molecule has 0 fully saturated rings. The van der Waals surface area contributed by atoms with Gasteiger partial charge in [0.25, 0.3) is 0 Å². The van der Waals surface area contributed by atoms with Crippen molar-refractivity contribution in [3.05, 3.63) is 29.3 Å². The zero-order valence-corrected chi connectivity index (χ0v) is 12.0. The molecule has 0 aliphatic rings. The van der Waals surface area contributed by atoms with Gasteiger partial charge in [0.2, 0.25) is 0 Å². The summed E-state index contributed by atoms with van der Waals surface area (Å²) in [6, 6.07) is 5.26. The topological polar surface area (TPSA) is 63.6 Å². The lowest BCUT2D eigenvalue weighted by Gasteiger charge is -2.20. The lowest BCUT2D eigenvalue weighted by Crippen LogP contribution is -2.33. The molecular weight excluding hydrogens is 244 g/mol. The van der Waals surface area contributed by atoms with Gasteiger partial charge in [-0.3, -0.25) is 9.59 Å². The van der Waals surface area contributed by atoms with Gasteiger partial charge in [0.1, 0.15) is 11.2 Å². The van der Waals surface area contributed by atoms with E-state index in [0.717, 1.165) is 5.56 Å². The Morgan fingerprint density at radius 2 is 1.84 bits per heavy atom. The summed E-state index contributed by atoms with van der Waals surface area (Å²) in [5.41, 5.74) is -0.118. The Labute approximate surface area is 113 Å². The Morgan fingerprint density at radius 3 is 2.26 bits per heavy atom. The number of carboxylic acid groups (broad SMARTS) is 1. The van der Waals surface area contributed by atoms with Crippen LogP contribution < -0.4 is 4.74 Å². The van der Waals surface area contributed by atoms with Gasteiger partial charge in [-0.15, -0.1) is 0 Å². The summed E-state index contributed by atoms with van der Waals surface area (Å²) in [7, 11) is 1.48.